The molecule has 2 N–H and O–H groups in total. The van der Waals surface area contributed by atoms with Crippen LogP contribution in [0.1, 0.15) is 36.5 Å². The van der Waals surface area contributed by atoms with Crippen molar-refractivity contribution in [1.29, 1.82) is 0 Å². The molecule has 1 aromatic heterocycles. The predicted octanol–water partition coefficient (Wildman–Crippen LogP) is 1.36. The van der Waals surface area contributed by atoms with Crippen LogP contribution in [0.25, 0.3) is 0 Å². The SMILES string of the molecule is CC1(CO)CCCC1NC(=O)c1ccncc1. The van der Waals surface area contributed by atoms with E-state index in [0.717, 1.165) is 19.3 Å². The zero-order chi connectivity index (χ0) is 12.3. The monoisotopic (exact) mass is 234 g/mol. The Balaban J connectivity index is 2.04. The number of hydrogen-bond acceptors (Lipinski definition) is 3. The first kappa shape index (κ1) is 12.0. The van der Waals surface area contributed by atoms with Crippen LogP contribution in [0, 0.1) is 5.41 Å². The lowest BCUT2D eigenvalue weighted by molar-refractivity contribution is 0.0830. The molecule has 92 valence electrons. The van der Waals surface area contributed by atoms with Crippen molar-refractivity contribution in [2.45, 2.75) is 32.2 Å². The Morgan fingerprint density at radius 1 is 1.59 bits per heavy atom. The van der Waals surface area contributed by atoms with Crippen LogP contribution in [-0.4, -0.2) is 28.6 Å². The summed E-state index contributed by atoms with van der Waals surface area (Å²) >= 11 is 0. The summed E-state index contributed by atoms with van der Waals surface area (Å²) in [6, 6.07) is 3.45. The number of aromatic nitrogens is 1. The van der Waals surface area contributed by atoms with Gasteiger partial charge in [0.05, 0.1) is 6.61 Å². The van der Waals surface area contributed by atoms with Gasteiger partial charge in [0, 0.05) is 29.4 Å². The summed E-state index contributed by atoms with van der Waals surface area (Å²) in [5.41, 5.74) is 0.440. The summed E-state index contributed by atoms with van der Waals surface area (Å²) in [5, 5.41) is 12.4. The molecular formula is C13H18N2O2. The van der Waals surface area contributed by atoms with E-state index >= 15 is 0 Å². The molecule has 2 unspecified atom stereocenters. The molecule has 0 spiro atoms. The van der Waals surface area contributed by atoms with Gasteiger partial charge in [0.25, 0.3) is 5.91 Å². The molecule has 0 aliphatic heterocycles. The van der Waals surface area contributed by atoms with Crippen LogP contribution < -0.4 is 5.32 Å². The molecule has 4 nitrogen and oxygen atoms in total. The molecule has 1 heterocycles. The van der Waals surface area contributed by atoms with Crippen molar-refractivity contribution in [1.82, 2.24) is 10.3 Å². The van der Waals surface area contributed by atoms with Gasteiger partial charge < -0.3 is 10.4 Å². The largest absolute Gasteiger partial charge is 0.396 e. The van der Waals surface area contributed by atoms with E-state index in [1.807, 2.05) is 6.92 Å². The Bertz CT molecular complexity index is 394. The van der Waals surface area contributed by atoms with Gasteiger partial charge in [-0.3, -0.25) is 9.78 Å². The number of nitrogens with zero attached hydrogens (tertiary/aromatic N) is 1. The van der Waals surface area contributed by atoms with Gasteiger partial charge in [-0.05, 0) is 25.0 Å². The normalized spacial score (nSPS) is 28.0. The first-order valence-electron chi connectivity index (χ1n) is 5.97. The maximum absolute atomic E-state index is 12.0. The number of aliphatic hydroxyl groups is 1. The van der Waals surface area contributed by atoms with E-state index in [9.17, 15) is 9.90 Å². The Kier molecular flexibility index (Phi) is 3.43. The number of amides is 1. The molecule has 1 aromatic rings. The Morgan fingerprint density at radius 3 is 2.94 bits per heavy atom. The molecule has 0 saturated heterocycles. The van der Waals surface area contributed by atoms with Gasteiger partial charge in [-0.15, -0.1) is 0 Å². The van der Waals surface area contributed by atoms with Crippen molar-refractivity contribution in [3.63, 3.8) is 0 Å². The Labute approximate surface area is 101 Å². The minimum Gasteiger partial charge on any atom is -0.396 e. The van der Waals surface area contributed by atoms with Crippen LogP contribution in [0.2, 0.25) is 0 Å². The third-order valence-electron chi connectivity index (χ3n) is 3.69. The van der Waals surface area contributed by atoms with E-state index in [4.69, 9.17) is 0 Å². The third kappa shape index (κ3) is 2.47. The first-order valence-corrected chi connectivity index (χ1v) is 5.97. The average molecular weight is 234 g/mol. The average Bonchev–Trinajstić information content (AvgIpc) is 2.73. The minimum absolute atomic E-state index is 0.0631. The van der Waals surface area contributed by atoms with Crippen LogP contribution in [0.15, 0.2) is 24.5 Å². The van der Waals surface area contributed by atoms with E-state index in [2.05, 4.69) is 10.3 Å². The maximum Gasteiger partial charge on any atom is 0.251 e. The van der Waals surface area contributed by atoms with E-state index in [1.165, 1.54) is 0 Å². The van der Waals surface area contributed by atoms with Gasteiger partial charge in [-0.2, -0.15) is 0 Å². The van der Waals surface area contributed by atoms with Gasteiger partial charge in [-0.1, -0.05) is 13.3 Å². The lowest BCUT2D eigenvalue weighted by Gasteiger charge is -2.30. The van der Waals surface area contributed by atoms with Crippen molar-refractivity contribution in [2.24, 2.45) is 5.41 Å². The van der Waals surface area contributed by atoms with E-state index in [-0.39, 0.29) is 24.0 Å². The number of rotatable bonds is 3. The van der Waals surface area contributed by atoms with E-state index in [1.54, 1.807) is 24.5 Å². The molecule has 1 aliphatic carbocycles. The van der Waals surface area contributed by atoms with Crippen molar-refractivity contribution in [3.05, 3.63) is 30.1 Å². The van der Waals surface area contributed by atoms with E-state index < -0.39 is 0 Å². The van der Waals surface area contributed by atoms with Crippen LogP contribution in [0.4, 0.5) is 0 Å². The zero-order valence-corrected chi connectivity index (χ0v) is 10.0. The van der Waals surface area contributed by atoms with Gasteiger partial charge in [0.2, 0.25) is 0 Å². The fourth-order valence-corrected chi connectivity index (χ4v) is 2.41. The van der Waals surface area contributed by atoms with Gasteiger partial charge in [0.1, 0.15) is 0 Å². The number of carbonyl (C=O) groups excluding carboxylic acids is 1. The number of pyridine rings is 1. The minimum atomic E-state index is -0.178. The predicted molar refractivity (Wildman–Crippen MR) is 64.5 cm³/mol. The highest BCUT2D eigenvalue weighted by molar-refractivity contribution is 5.94. The highest BCUT2D eigenvalue weighted by Crippen LogP contribution is 2.37. The fraction of sp³-hybridized carbons (Fsp3) is 0.538. The van der Waals surface area contributed by atoms with Crippen LogP contribution in [-0.2, 0) is 0 Å². The van der Waals surface area contributed by atoms with Crippen molar-refractivity contribution < 1.29 is 9.90 Å². The molecule has 1 aliphatic rings. The summed E-state index contributed by atoms with van der Waals surface area (Å²) in [6.07, 6.45) is 6.17. The van der Waals surface area contributed by atoms with E-state index in [0.29, 0.717) is 5.56 Å². The summed E-state index contributed by atoms with van der Waals surface area (Å²) in [5.74, 6) is -0.0843. The van der Waals surface area contributed by atoms with Crippen molar-refractivity contribution in [2.75, 3.05) is 6.61 Å². The second kappa shape index (κ2) is 4.84. The summed E-state index contributed by atoms with van der Waals surface area (Å²) in [7, 11) is 0. The smallest absolute Gasteiger partial charge is 0.251 e. The summed E-state index contributed by atoms with van der Waals surface area (Å²) < 4.78 is 0. The summed E-state index contributed by atoms with van der Waals surface area (Å²) in [6.45, 7) is 2.14. The van der Waals surface area contributed by atoms with Gasteiger partial charge in [-0.25, -0.2) is 0 Å². The number of nitrogens with one attached hydrogen (secondary N) is 1. The zero-order valence-electron chi connectivity index (χ0n) is 10.0. The molecule has 0 aromatic carbocycles. The molecule has 0 bridgehead atoms. The van der Waals surface area contributed by atoms with Crippen LogP contribution in [0.3, 0.4) is 0 Å². The maximum atomic E-state index is 12.0. The van der Waals surface area contributed by atoms with Crippen molar-refractivity contribution in [3.8, 4) is 0 Å². The highest BCUT2D eigenvalue weighted by atomic mass is 16.3. The standard InChI is InChI=1S/C13H18N2O2/c1-13(9-16)6-2-3-11(13)15-12(17)10-4-7-14-8-5-10/h4-5,7-8,11,16H,2-3,6,9H2,1H3,(H,15,17). The van der Waals surface area contributed by atoms with Crippen LogP contribution >= 0.6 is 0 Å². The Morgan fingerprint density at radius 2 is 2.29 bits per heavy atom. The molecule has 1 fully saturated rings. The van der Waals surface area contributed by atoms with Crippen LogP contribution in [0.5, 0.6) is 0 Å². The topological polar surface area (TPSA) is 62.2 Å². The first-order chi connectivity index (χ1) is 8.15. The molecule has 2 rings (SSSR count). The molecule has 1 saturated carbocycles. The van der Waals surface area contributed by atoms with Crippen molar-refractivity contribution >= 4 is 5.91 Å². The lowest BCUT2D eigenvalue weighted by Crippen LogP contribution is -2.44. The molecule has 2 atom stereocenters. The second-order valence-electron chi connectivity index (χ2n) is 4.97. The summed E-state index contributed by atoms with van der Waals surface area (Å²) in [4.78, 5) is 15.9. The molecule has 1 amide bonds. The number of aliphatic hydroxyl groups excluding tert-OH is 1. The highest BCUT2D eigenvalue weighted by Gasteiger charge is 2.39. The number of carbonyl (C=O) groups is 1. The molecule has 4 heteroatoms. The quantitative estimate of drug-likeness (QED) is 0.830. The lowest BCUT2D eigenvalue weighted by atomic mass is 9.85. The molecular weight excluding hydrogens is 216 g/mol. The molecule has 0 radical (unpaired) electrons. The fourth-order valence-electron chi connectivity index (χ4n) is 2.41. The third-order valence-corrected chi connectivity index (χ3v) is 3.69. The second-order valence-corrected chi connectivity index (χ2v) is 4.97. The molecule has 17 heavy (non-hydrogen) atoms. The number of hydrogen-bond donors (Lipinski definition) is 2. The van der Waals surface area contributed by atoms with Gasteiger partial charge in [0.15, 0.2) is 0 Å². The Hall–Kier alpha value is -1.42. The van der Waals surface area contributed by atoms with Gasteiger partial charge >= 0.3 is 0 Å².